The van der Waals surface area contributed by atoms with Crippen LogP contribution in [0, 0.1) is 144 Å². The molecule has 0 N–H and O–H groups in total. The van der Waals surface area contributed by atoms with Gasteiger partial charge in [-0.3, -0.25) is 19.2 Å². The van der Waals surface area contributed by atoms with E-state index in [0.29, 0.717) is 119 Å². The summed E-state index contributed by atoms with van der Waals surface area (Å²) in [7, 11) is 0. The van der Waals surface area contributed by atoms with E-state index in [1.54, 1.807) is 49.1 Å². The summed E-state index contributed by atoms with van der Waals surface area (Å²) in [5.41, 5.74) is 1.69. The maximum Gasteiger partial charge on any atom is 0.274 e. The smallest absolute Gasteiger partial charge is 0.274 e. The summed E-state index contributed by atoms with van der Waals surface area (Å²) in [5.74, 6) is 0.935. The summed E-state index contributed by atoms with van der Waals surface area (Å²) in [6.07, 6.45) is 19.9. The number of nitrogens with zero attached hydrogens (tertiary/aromatic N) is 24. The molecular formula is C88H80F8N24O4. The lowest BCUT2D eigenvalue weighted by atomic mass is 10.0. The van der Waals surface area contributed by atoms with Gasteiger partial charge >= 0.3 is 0 Å². The Morgan fingerprint density at radius 3 is 0.613 bits per heavy atom. The second-order valence-corrected chi connectivity index (χ2v) is 33.5. The van der Waals surface area contributed by atoms with E-state index in [1.165, 1.54) is 93.9 Å². The molecule has 8 aliphatic heterocycles. The van der Waals surface area contributed by atoms with E-state index in [-0.39, 0.29) is 47.3 Å². The van der Waals surface area contributed by atoms with Crippen molar-refractivity contribution in [3.8, 4) is 0 Å². The van der Waals surface area contributed by atoms with Gasteiger partial charge in [0.25, 0.3) is 23.3 Å². The van der Waals surface area contributed by atoms with Crippen LogP contribution in [0.25, 0.3) is 19.4 Å². The van der Waals surface area contributed by atoms with Gasteiger partial charge in [-0.15, -0.1) is 19.9 Å². The zero-order valence-corrected chi connectivity index (χ0v) is 66.6. The first-order valence-electron chi connectivity index (χ1n) is 41.1. The molecule has 124 heavy (non-hydrogen) atoms. The highest BCUT2D eigenvalue weighted by atomic mass is 19.2. The summed E-state index contributed by atoms with van der Waals surface area (Å²) in [6, 6.07) is 18.3. The average molecular weight is 1690 g/mol. The van der Waals surface area contributed by atoms with Gasteiger partial charge < -0.3 is 39.0 Å². The van der Waals surface area contributed by atoms with Gasteiger partial charge in [-0.25, -0.2) is 55.2 Å². The minimum atomic E-state index is -0.657. The van der Waals surface area contributed by atoms with Crippen molar-refractivity contribution in [2.45, 2.75) is 101 Å². The SMILES string of the molecule is [C-]#[N+]c1cc(N2C[C@H]3CC(C(=O)N4N=CC[C@@H]4c4cc(F)cc(F)c4)C[C@H]3C2)ncn1.[C-]#[N+]c1cc(N2C[C@H]3CC(C(=O)N4N=CC[C@@H]4c4cc(F)cc(F)c4)C[C@H]3C2)ncn1.[C-]#[N+]c1cc(N2C[C@H]3CC(C(=O)N4N=CC[C@H]4c4cc(F)cc(F)c4)C[C@H]3C2)ncn1.[C-]#[N+]c1cc(N2C[C@H]3CC(C(=O)N4N=CC[C@H]4c4cc(F)cc(F)c4)C[C@H]3C2)ncn1. The Hall–Kier alpha value is -13.6. The number of benzene rings is 4. The van der Waals surface area contributed by atoms with E-state index >= 15 is 0 Å². The van der Waals surface area contributed by atoms with Gasteiger partial charge in [0.05, 0.1) is 24.2 Å². The predicted octanol–water partition coefficient (Wildman–Crippen LogP) is 14.9. The lowest BCUT2D eigenvalue weighted by Crippen LogP contribution is -2.33. The normalized spacial score (nSPS) is 26.9. The number of amides is 4. The molecule has 4 aromatic heterocycles. The van der Waals surface area contributed by atoms with E-state index in [2.05, 4.69) is 99.3 Å². The second kappa shape index (κ2) is 35.4. The highest BCUT2D eigenvalue weighted by molar-refractivity contribution is 5.85. The van der Waals surface area contributed by atoms with Crippen LogP contribution in [-0.2, 0) is 19.2 Å². The van der Waals surface area contributed by atoms with E-state index in [0.717, 1.165) is 151 Å². The number of carbonyl (C=O) groups excluding carboxylic acids is 4. The lowest BCUT2D eigenvalue weighted by molar-refractivity contribution is -0.138. The number of aromatic nitrogens is 8. The predicted molar refractivity (Wildman–Crippen MR) is 437 cm³/mol. The Bertz CT molecular complexity index is 4950. The summed E-state index contributed by atoms with van der Waals surface area (Å²) >= 11 is 0. The molecular weight excluding hydrogens is 1610 g/mol. The summed E-state index contributed by atoms with van der Waals surface area (Å²) < 4.78 is 109. The first kappa shape index (κ1) is 82.7. The third-order valence-electron chi connectivity index (χ3n) is 26.0. The summed E-state index contributed by atoms with van der Waals surface area (Å²) in [5, 5.41) is 22.6. The minimum absolute atomic E-state index is 0.0818. The van der Waals surface area contributed by atoms with Crippen molar-refractivity contribution in [1.29, 1.82) is 0 Å². The highest BCUT2D eigenvalue weighted by Gasteiger charge is 2.51. The maximum absolute atomic E-state index is 13.7. The van der Waals surface area contributed by atoms with Gasteiger partial charge in [-0.1, -0.05) is 26.3 Å². The fraction of sp³-hybridized carbons (Fsp3) is 0.409. The first-order chi connectivity index (χ1) is 60.0. The van der Waals surface area contributed by atoms with Crippen molar-refractivity contribution < 1.29 is 54.3 Å². The summed E-state index contributed by atoms with van der Waals surface area (Å²) in [4.78, 5) is 108. The standard InChI is InChI=1S/4C22H20F2N6O/c4*1-25-20-9-21(27-12-26-20)29-10-15-4-14(5-16(15)11-29)22(31)30-19(2-3-28-30)13-6-17(23)8-18(24)7-13/h4*3,6-9,12,14-16,19H,2,4-5,10-11H2/t4*14?,15-,16+,19-/m1100/s1. The van der Waals surface area contributed by atoms with Crippen LogP contribution in [0.2, 0.25) is 0 Å². The third-order valence-corrected chi connectivity index (χ3v) is 26.0. The largest absolute Gasteiger partial charge is 0.360 e. The maximum atomic E-state index is 13.7. The van der Waals surface area contributed by atoms with Crippen LogP contribution >= 0.6 is 0 Å². The van der Waals surface area contributed by atoms with Gasteiger partial charge in [0.1, 0.15) is 69.8 Å². The number of fused-ring (bicyclic) bond motifs is 4. The second-order valence-electron chi connectivity index (χ2n) is 33.5. The van der Waals surface area contributed by atoms with E-state index in [1.807, 2.05) is 0 Å². The molecule has 4 aliphatic carbocycles. The summed E-state index contributed by atoms with van der Waals surface area (Å²) in [6.45, 7) is 34.7. The zero-order chi connectivity index (χ0) is 86.1. The molecule has 12 heterocycles. The van der Waals surface area contributed by atoms with E-state index in [9.17, 15) is 54.3 Å². The molecule has 8 aromatic rings. The molecule has 4 unspecified atom stereocenters. The van der Waals surface area contributed by atoms with Crippen LogP contribution in [0.1, 0.15) is 123 Å². The van der Waals surface area contributed by atoms with E-state index in [4.69, 9.17) is 26.3 Å². The number of halogens is 8. The highest BCUT2D eigenvalue weighted by Crippen LogP contribution is 2.50. The fourth-order valence-corrected chi connectivity index (χ4v) is 20.5. The molecule has 0 spiro atoms. The Kier molecular flexibility index (Phi) is 23.6. The van der Waals surface area contributed by atoms with Gasteiger partial charge in [0, 0.05) is 175 Å². The first-order valence-corrected chi connectivity index (χ1v) is 41.1. The van der Waals surface area contributed by atoms with Crippen LogP contribution < -0.4 is 19.6 Å². The molecule has 0 bridgehead atoms. The Balaban J connectivity index is 0.000000117. The molecule has 4 aromatic carbocycles. The molecule has 4 amide bonds. The Morgan fingerprint density at radius 1 is 0.266 bits per heavy atom. The molecule has 20 rings (SSSR count). The van der Waals surface area contributed by atoms with Crippen molar-refractivity contribution in [3.63, 3.8) is 0 Å². The van der Waals surface area contributed by atoms with Crippen LogP contribution in [0.4, 0.5) is 81.7 Å². The molecule has 4 saturated carbocycles. The monoisotopic (exact) mass is 1690 g/mol. The number of hydrogen-bond acceptors (Lipinski definition) is 20. The van der Waals surface area contributed by atoms with Crippen molar-refractivity contribution in [3.05, 3.63) is 237 Å². The number of rotatable bonds is 12. The number of hydrazone groups is 4. The van der Waals surface area contributed by atoms with Crippen molar-refractivity contribution in [1.82, 2.24) is 59.9 Å². The third kappa shape index (κ3) is 17.6. The van der Waals surface area contributed by atoms with Crippen molar-refractivity contribution in [2.24, 2.45) is 91.4 Å². The molecule has 12 aliphatic rings. The van der Waals surface area contributed by atoms with Crippen LogP contribution in [0.3, 0.4) is 0 Å². The topological polar surface area (TPSA) is 264 Å². The minimum Gasteiger partial charge on any atom is -0.360 e. The van der Waals surface area contributed by atoms with Gasteiger partial charge in [0.15, 0.2) is 0 Å². The van der Waals surface area contributed by atoms with Crippen molar-refractivity contribution >= 4 is 95.0 Å². The molecule has 8 fully saturated rings. The van der Waals surface area contributed by atoms with E-state index < -0.39 is 70.7 Å². The van der Waals surface area contributed by atoms with Crippen LogP contribution in [0.15, 0.2) is 143 Å². The number of carbonyl (C=O) groups is 4. The molecule has 28 nitrogen and oxygen atoms in total. The molecule has 4 saturated heterocycles. The molecule has 0 radical (unpaired) electrons. The quantitative estimate of drug-likeness (QED) is 0.0813. The number of anilines is 4. The van der Waals surface area contributed by atoms with Crippen molar-refractivity contribution in [2.75, 3.05) is 72.0 Å². The van der Waals surface area contributed by atoms with Gasteiger partial charge in [-0.2, -0.15) is 40.3 Å². The fourth-order valence-electron chi connectivity index (χ4n) is 20.5. The Labute approximate surface area is 707 Å². The zero-order valence-electron chi connectivity index (χ0n) is 66.6. The van der Waals surface area contributed by atoms with Crippen LogP contribution in [-0.4, -0.2) is 161 Å². The Morgan fingerprint density at radius 2 is 0.444 bits per heavy atom. The molecule has 16 atom stereocenters. The van der Waals surface area contributed by atoms with Gasteiger partial charge in [0.2, 0.25) is 48.9 Å². The number of hydrogen-bond donors (Lipinski definition) is 0. The van der Waals surface area contributed by atoms with Gasteiger partial charge in [-0.05, 0) is 169 Å². The van der Waals surface area contributed by atoms with Crippen LogP contribution in [0.5, 0.6) is 0 Å². The molecule has 632 valence electrons. The molecule has 36 heteroatoms. The lowest BCUT2D eigenvalue weighted by Gasteiger charge is -2.26. The average Bonchev–Trinajstić information content (AvgIpc) is 1.64.